The number of hydrogen-bond acceptors (Lipinski definition) is 3. The Morgan fingerprint density at radius 3 is 2.78 bits per heavy atom. The van der Waals surface area contributed by atoms with Gasteiger partial charge in [0.2, 0.25) is 0 Å². The predicted molar refractivity (Wildman–Crippen MR) is 96.1 cm³/mol. The van der Waals surface area contributed by atoms with Crippen molar-refractivity contribution >= 4 is 27.5 Å². The van der Waals surface area contributed by atoms with Gasteiger partial charge < -0.3 is 4.90 Å². The van der Waals surface area contributed by atoms with Crippen LogP contribution in [0.15, 0.2) is 6.07 Å². The summed E-state index contributed by atoms with van der Waals surface area (Å²) in [4.78, 5) is 17.1. The van der Waals surface area contributed by atoms with E-state index in [1.54, 1.807) is 11.3 Å². The number of fused-ring (bicyclic) bond motifs is 1. The summed E-state index contributed by atoms with van der Waals surface area (Å²) in [5.41, 5.74) is 1.03. The molecule has 1 saturated heterocycles. The van der Waals surface area contributed by atoms with Crippen molar-refractivity contribution in [3.63, 3.8) is 0 Å². The lowest BCUT2D eigenvalue weighted by atomic mass is 10.0. The Hall–Kier alpha value is -1.36. The Labute approximate surface area is 142 Å². The monoisotopic (exact) mass is 333 g/mol. The quantitative estimate of drug-likeness (QED) is 0.835. The Morgan fingerprint density at radius 1 is 1.39 bits per heavy atom. The molecule has 2 aromatic rings. The second-order valence-electron chi connectivity index (χ2n) is 7.44. The molecule has 0 spiro atoms. The molecule has 0 radical (unpaired) electrons. The van der Waals surface area contributed by atoms with E-state index in [-0.39, 0.29) is 5.91 Å². The normalized spacial score (nSPS) is 18.7. The zero-order chi connectivity index (χ0) is 16.7. The third-order valence-electron chi connectivity index (χ3n) is 4.69. The topological polar surface area (TPSA) is 38.1 Å². The minimum absolute atomic E-state index is 0.206. The lowest BCUT2D eigenvalue weighted by Gasteiger charge is -2.27. The van der Waals surface area contributed by atoms with Crippen LogP contribution in [0.2, 0.25) is 0 Å². The van der Waals surface area contributed by atoms with Crippen molar-refractivity contribution < 1.29 is 4.79 Å². The van der Waals surface area contributed by atoms with Crippen molar-refractivity contribution in [3.8, 4) is 0 Å². The van der Waals surface area contributed by atoms with Gasteiger partial charge >= 0.3 is 0 Å². The maximum atomic E-state index is 13.0. The highest BCUT2D eigenvalue weighted by atomic mass is 32.1. The molecule has 3 heterocycles. The highest BCUT2D eigenvalue weighted by Crippen LogP contribution is 2.32. The molecule has 1 atom stereocenters. The molecule has 1 amide bonds. The molecule has 1 aliphatic heterocycles. The van der Waals surface area contributed by atoms with E-state index in [4.69, 9.17) is 0 Å². The van der Waals surface area contributed by atoms with Gasteiger partial charge in [-0.3, -0.25) is 9.48 Å². The minimum atomic E-state index is 0.206. The minimum Gasteiger partial charge on any atom is -0.335 e. The average Bonchev–Trinajstić information content (AvgIpc) is 3.16. The molecule has 0 aromatic carbocycles. The van der Waals surface area contributed by atoms with Crippen molar-refractivity contribution in [1.82, 2.24) is 14.7 Å². The Morgan fingerprint density at radius 2 is 2.13 bits per heavy atom. The summed E-state index contributed by atoms with van der Waals surface area (Å²) in [5, 5.41) is 5.77. The second kappa shape index (κ2) is 6.27. The predicted octanol–water partition coefficient (Wildman–Crippen LogP) is 4.32. The number of nitrogens with zero attached hydrogens (tertiary/aromatic N) is 3. The van der Waals surface area contributed by atoms with Gasteiger partial charge in [0, 0.05) is 24.5 Å². The second-order valence-corrected chi connectivity index (χ2v) is 8.47. The number of likely N-dealkylation sites (tertiary alicyclic amines) is 1. The molecule has 2 aromatic heterocycles. The molecule has 0 saturated carbocycles. The van der Waals surface area contributed by atoms with Gasteiger partial charge in [0.15, 0.2) is 0 Å². The van der Waals surface area contributed by atoms with E-state index < -0.39 is 0 Å². The third-order valence-corrected chi connectivity index (χ3v) is 5.82. The molecule has 0 unspecified atom stereocenters. The van der Waals surface area contributed by atoms with Gasteiger partial charge in [-0.1, -0.05) is 27.7 Å². The Kier molecular flexibility index (Phi) is 4.50. The van der Waals surface area contributed by atoms with Crippen molar-refractivity contribution in [2.24, 2.45) is 11.8 Å². The average molecular weight is 334 g/mol. The lowest BCUT2D eigenvalue weighted by molar-refractivity contribution is 0.0706. The molecule has 1 aliphatic rings. The smallest absolute Gasteiger partial charge is 0.264 e. The van der Waals surface area contributed by atoms with Crippen LogP contribution in [0, 0.1) is 18.8 Å². The summed E-state index contributed by atoms with van der Waals surface area (Å²) < 4.78 is 2.07. The zero-order valence-electron chi connectivity index (χ0n) is 14.8. The van der Waals surface area contributed by atoms with Gasteiger partial charge in [0.25, 0.3) is 5.91 Å². The molecule has 4 nitrogen and oxygen atoms in total. The molecular formula is C18H27N3OS. The highest BCUT2D eigenvalue weighted by molar-refractivity contribution is 7.20. The fraction of sp³-hybridized carbons (Fsp3) is 0.667. The molecule has 0 N–H and O–H groups in total. The Balaban J connectivity index is 1.92. The zero-order valence-corrected chi connectivity index (χ0v) is 15.6. The standard InChI is InChI=1S/C18H27N3OS/c1-11(2)10-21-18-14(13(5)19-21)9-16(23-18)17(22)20-8-6-7-15(20)12(3)4/h9,11-12,15H,6-8,10H2,1-5H3/t15-/m0/s1. The van der Waals surface area contributed by atoms with Crippen LogP contribution in [-0.4, -0.2) is 33.2 Å². The van der Waals surface area contributed by atoms with Gasteiger partial charge in [-0.15, -0.1) is 11.3 Å². The van der Waals surface area contributed by atoms with Crippen molar-refractivity contribution in [1.29, 1.82) is 0 Å². The van der Waals surface area contributed by atoms with Crippen LogP contribution >= 0.6 is 11.3 Å². The first kappa shape index (κ1) is 16.5. The summed E-state index contributed by atoms with van der Waals surface area (Å²) >= 11 is 1.60. The summed E-state index contributed by atoms with van der Waals surface area (Å²) in [6, 6.07) is 2.44. The fourth-order valence-corrected chi connectivity index (χ4v) is 4.69. The van der Waals surface area contributed by atoms with Gasteiger partial charge in [-0.05, 0) is 37.7 Å². The number of carbonyl (C=O) groups is 1. The van der Waals surface area contributed by atoms with Crippen LogP contribution in [0.5, 0.6) is 0 Å². The number of amides is 1. The van der Waals surface area contributed by atoms with E-state index >= 15 is 0 Å². The van der Waals surface area contributed by atoms with Crippen LogP contribution in [0.25, 0.3) is 10.2 Å². The van der Waals surface area contributed by atoms with Gasteiger partial charge in [-0.25, -0.2) is 0 Å². The van der Waals surface area contributed by atoms with Crippen molar-refractivity contribution in [2.45, 2.75) is 60.0 Å². The largest absolute Gasteiger partial charge is 0.335 e. The van der Waals surface area contributed by atoms with E-state index in [9.17, 15) is 4.79 Å². The summed E-state index contributed by atoms with van der Waals surface area (Å²) in [6.45, 7) is 12.6. The number of rotatable bonds is 4. The van der Waals surface area contributed by atoms with E-state index in [0.29, 0.717) is 17.9 Å². The fourth-order valence-electron chi connectivity index (χ4n) is 3.57. The number of thiophene rings is 1. The molecule has 0 aliphatic carbocycles. The van der Waals surface area contributed by atoms with Gasteiger partial charge in [0.05, 0.1) is 10.6 Å². The summed E-state index contributed by atoms with van der Waals surface area (Å²) in [7, 11) is 0. The number of aromatic nitrogens is 2. The Bertz CT molecular complexity index is 713. The number of carbonyl (C=O) groups excluding carboxylic acids is 1. The maximum absolute atomic E-state index is 13.0. The highest BCUT2D eigenvalue weighted by Gasteiger charge is 2.32. The summed E-state index contributed by atoms with van der Waals surface area (Å²) in [5.74, 6) is 1.27. The summed E-state index contributed by atoms with van der Waals surface area (Å²) in [6.07, 6.45) is 2.26. The molecular weight excluding hydrogens is 306 g/mol. The molecule has 126 valence electrons. The number of hydrogen-bond donors (Lipinski definition) is 0. The van der Waals surface area contributed by atoms with E-state index in [0.717, 1.165) is 46.7 Å². The van der Waals surface area contributed by atoms with Gasteiger partial charge in [0.1, 0.15) is 4.83 Å². The molecule has 3 rings (SSSR count). The molecule has 1 fully saturated rings. The van der Waals surface area contributed by atoms with E-state index in [1.165, 1.54) is 0 Å². The van der Waals surface area contributed by atoms with Crippen molar-refractivity contribution in [2.75, 3.05) is 6.54 Å². The number of aryl methyl sites for hydroxylation is 1. The maximum Gasteiger partial charge on any atom is 0.264 e. The van der Waals surface area contributed by atoms with E-state index in [1.807, 2.05) is 6.92 Å². The first-order chi connectivity index (χ1) is 10.9. The van der Waals surface area contributed by atoms with Crippen LogP contribution in [-0.2, 0) is 6.54 Å². The van der Waals surface area contributed by atoms with E-state index in [2.05, 4.69) is 48.4 Å². The van der Waals surface area contributed by atoms with Crippen LogP contribution in [0.1, 0.15) is 55.9 Å². The first-order valence-electron chi connectivity index (χ1n) is 8.66. The van der Waals surface area contributed by atoms with Crippen LogP contribution in [0.4, 0.5) is 0 Å². The molecule has 23 heavy (non-hydrogen) atoms. The third kappa shape index (κ3) is 3.03. The van der Waals surface area contributed by atoms with Crippen LogP contribution in [0.3, 0.4) is 0 Å². The van der Waals surface area contributed by atoms with Crippen LogP contribution < -0.4 is 0 Å². The molecule has 5 heteroatoms. The SMILES string of the molecule is Cc1nn(CC(C)C)c2sc(C(=O)N3CCC[C@H]3C(C)C)cc12. The van der Waals surface area contributed by atoms with Crippen molar-refractivity contribution in [3.05, 3.63) is 16.6 Å². The lowest BCUT2D eigenvalue weighted by Crippen LogP contribution is -2.38. The molecule has 0 bridgehead atoms. The van der Waals surface area contributed by atoms with Gasteiger partial charge in [-0.2, -0.15) is 5.10 Å². The first-order valence-corrected chi connectivity index (χ1v) is 9.48.